The van der Waals surface area contributed by atoms with Gasteiger partial charge in [-0.2, -0.15) is 4.31 Å². The summed E-state index contributed by atoms with van der Waals surface area (Å²) >= 11 is 5.86. The van der Waals surface area contributed by atoms with E-state index in [4.69, 9.17) is 11.6 Å². The number of nitrogens with zero attached hydrogens (tertiary/aromatic N) is 3. The predicted molar refractivity (Wildman–Crippen MR) is 123 cm³/mol. The van der Waals surface area contributed by atoms with Gasteiger partial charge in [0.25, 0.3) is 0 Å². The summed E-state index contributed by atoms with van der Waals surface area (Å²) in [6, 6.07) is 11.4. The van der Waals surface area contributed by atoms with Crippen LogP contribution in [-0.4, -0.2) is 41.3 Å². The predicted octanol–water partition coefficient (Wildman–Crippen LogP) is 3.52. The number of aryl methyl sites for hydroxylation is 1. The van der Waals surface area contributed by atoms with Gasteiger partial charge in [0.2, 0.25) is 15.9 Å². The molecule has 3 aromatic rings. The van der Waals surface area contributed by atoms with Crippen LogP contribution in [0.25, 0.3) is 0 Å². The Labute approximate surface area is 197 Å². The molecule has 2 heterocycles. The molecule has 1 unspecified atom stereocenters. The average Bonchev–Trinajstić information content (AvgIpc) is 3.24. The van der Waals surface area contributed by atoms with E-state index < -0.39 is 16.1 Å². The Morgan fingerprint density at radius 1 is 1.12 bits per heavy atom. The molecule has 0 saturated carbocycles. The van der Waals surface area contributed by atoms with Gasteiger partial charge < -0.3 is 9.88 Å². The van der Waals surface area contributed by atoms with Crippen LogP contribution in [0.5, 0.6) is 0 Å². The second-order valence-corrected chi connectivity index (χ2v) is 10.4. The number of sulfonamides is 1. The first kappa shape index (κ1) is 23.4. The number of benzene rings is 2. The summed E-state index contributed by atoms with van der Waals surface area (Å²) in [4.78, 5) is 17.7. The topological polar surface area (TPSA) is 84.3 Å². The molecule has 7 nitrogen and oxygen atoms in total. The summed E-state index contributed by atoms with van der Waals surface area (Å²) < 4.78 is 42.4. The normalized spacial score (nSPS) is 16.5. The van der Waals surface area contributed by atoms with E-state index in [2.05, 4.69) is 10.3 Å². The highest BCUT2D eigenvalue weighted by atomic mass is 35.5. The van der Waals surface area contributed by atoms with Crippen LogP contribution >= 0.6 is 11.6 Å². The van der Waals surface area contributed by atoms with Gasteiger partial charge in [0.15, 0.2) is 0 Å². The number of carbonyl (C=O) groups excluding carboxylic acids is 1. The second kappa shape index (κ2) is 9.62. The van der Waals surface area contributed by atoms with Crippen molar-refractivity contribution in [2.24, 2.45) is 13.0 Å². The number of halogens is 2. The van der Waals surface area contributed by atoms with Crippen LogP contribution in [0, 0.1) is 11.7 Å². The Hall–Kier alpha value is -2.75. The van der Waals surface area contributed by atoms with Crippen molar-refractivity contribution >= 4 is 27.5 Å². The molecule has 33 heavy (non-hydrogen) atoms. The molecule has 174 valence electrons. The SMILES string of the molecule is Cn1ccnc1C(NC(=O)C1CCN(S(=O)(=O)c2ccc(Cl)cc2)CC1)c1ccc(F)cc1. The minimum Gasteiger partial charge on any atom is -0.342 e. The lowest BCUT2D eigenvalue weighted by Gasteiger charge is -2.31. The zero-order valence-electron chi connectivity index (χ0n) is 18.0. The van der Waals surface area contributed by atoms with Crippen LogP contribution in [0.1, 0.15) is 30.3 Å². The molecular formula is C23H24ClFN4O3S. The van der Waals surface area contributed by atoms with Gasteiger partial charge in [-0.3, -0.25) is 4.79 Å². The number of rotatable bonds is 6. The lowest BCUT2D eigenvalue weighted by molar-refractivity contribution is -0.126. The fraction of sp³-hybridized carbons (Fsp3) is 0.304. The van der Waals surface area contributed by atoms with Crippen molar-refractivity contribution in [2.75, 3.05) is 13.1 Å². The third kappa shape index (κ3) is 5.10. The smallest absolute Gasteiger partial charge is 0.243 e. The maximum Gasteiger partial charge on any atom is 0.243 e. The molecule has 1 atom stereocenters. The fourth-order valence-electron chi connectivity index (χ4n) is 3.98. The van der Waals surface area contributed by atoms with Crippen molar-refractivity contribution < 1.29 is 17.6 Å². The van der Waals surface area contributed by atoms with Crippen LogP contribution < -0.4 is 5.32 Å². The van der Waals surface area contributed by atoms with Gasteiger partial charge in [-0.05, 0) is 54.8 Å². The van der Waals surface area contributed by atoms with Crippen molar-refractivity contribution in [1.82, 2.24) is 19.2 Å². The summed E-state index contributed by atoms with van der Waals surface area (Å²) in [6.45, 7) is 0.485. The summed E-state index contributed by atoms with van der Waals surface area (Å²) in [5, 5.41) is 3.50. The Kier molecular flexibility index (Phi) is 6.83. The van der Waals surface area contributed by atoms with E-state index in [1.807, 2.05) is 7.05 Å². The van der Waals surface area contributed by atoms with Crippen molar-refractivity contribution in [3.8, 4) is 0 Å². The molecule has 10 heteroatoms. The van der Waals surface area contributed by atoms with E-state index in [9.17, 15) is 17.6 Å². The molecule has 0 radical (unpaired) electrons. The molecule has 2 aromatic carbocycles. The fourth-order valence-corrected chi connectivity index (χ4v) is 5.58. The lowest BCUT2D eigenvalue weighted by atomic mass is 9.96. The molecule has 1 aliphatic heterocycles. The average molecular weight is 491 g/mol. The van der Waals surface area contributed by atoms with E-state index >= 15 is 0 Å². The molecule has 1 aromatic heterocycles. The van der Waals surface area contributed by atoms with Gasteiger partial charge in [-0.1, -0.05) is 23.7 Å². The number of hydrogen-bond donors (Lipinski definition) is 1. The highest BCUT2D eigenvalue weighted by Gasteiger charge is 2.33. The molecule has 1 N–H and O–H groups in total. The largest absolute Gasteiger partial charge is 0.342 e. The van der Waals surface area contributed by atoms with Crippen molar-refractivity contribution in [2.45, 2.75) is 23.8 Å². The zero-order chi connectivity index (χ0) is 23.6. The van der Waals surface area contributed by atoms with Crippen LogP contribution in [0.4, 0.5) is 4.39 Å². The number of aromatic nitrogens is 2. The minimum absolute atomic E-state index is 0.181. The molecule has 1 amide bonds. The highest BCUT2D eigenvalue weighted by Crippen LogP contribution is 2.27. The summed E-state index contributed by atoms with van der Waals surface area (Å²) in [7, 11) is -1.82. The van der Waals surface area contributed by atoms with Crippen molar-refractivity contribution in [1.29, 1.82) is 0 Å². The first-order valence-corrected chi connectivity index (χ1v) is 12.4. The van der Waals surface area contributed by atoms with E-state index in [0.29, 0.717) is 29.3 Å². The summed E-state index contributed by atoms with van der Waals surface area (Å²) in [5.41, 5.74) is 0.710. The molecule has 1 aliphatic rings. The maximum atomic E-state index is 13.4. The Morgan fingerprint density at radius 2 is 1.76 bits per heavy atom. The molecule has 1 saturated heterocycles. The van der Waals surface area contributed by atoms with Gasteiger partial charge in [0.05, 0.1) is 4.90 Å². The zero-order valence-corrected chi connectivity index (χ0v) is 19.6. The van der Waals surface area contributed by atoms with Gasteiger partial charge in [0.1, 0.15) is 17.7 Å². The molecule has 0 aliphatic carbocycles. The molecule has 0 bridgehead atoms. The number of piperidine rings is 1. The van der Waals surface area contributed by atoms with Crippen LogP contribution in [0.3, 0.4) is 0 Å². The van der Waals surface area contributed by atoms with Crippen molar-refractivity contribution in [3.05, 3.63) is 83.2 Å². The highest BCUT2D eigenvalue weighted by molar-refractivity contribution is 7.89. The second-order valence-electron chi connectivity index (χ2n) is 8.02. The van der Waals surface area contributed by atoms with Gasteiger partial charge in [0, 0.05) is 43.5 Å². The van der Waals surface area contributed by atoms with E-state index in [1.54, 1.807) is 41.2 Å². The van der Waals surface area contributed by atoms with Gasteiger partial charge in [-0.15, -0.1) is 0 Å². The number of amides is 1. The Morgan fingerprint density at radius 3 is 2.33 bits per heavy atom. The third-order valence-corrected chi connectivity index (χ3v) is 8.05. The standard InChI is InChI=1S/C23H24ClFN4O3S/c1-28-15-12-26-22(28)21(16-2-6-19(25)7-3-16)27-23(30)17-10-13-29(14-11-17)33(31,32)20-8-4-18(24)5-9-20/h2-9,12,15,17,21H,10-11,13-14H2,1H3,(H,27,30). The number of carbonyl (C=O) groups is 1. The van der Waals surface area contributed by atoms with E-state index in [1.165, 1.54) is 28.6 Å². The van der Waals surface area contributed by atoms with Crippen LogP contribution in [0.2, 0.25) is 5.02 Å². The third-order valence-electron chi connectivity index (χ3n) is 5.88. The minimum atomic E-state index is -3.64. The van der Waals surface area contributed by atoms with Crippen LogP contribution in [-0.2, 0) is 21.9 Å². The summed E-state index contributed by atoms with van der Waals surface area (Å²) in [6.07, 6.45) is 4.21. The van der Waals surface area contributed by atoms with Gasteiger partial charge in [-0.25, -0.2) is 17.8 Å². The molecular weight excluding hydrogens is 467 g/mol. The maximum absolute atomic E-state index is 13.4. The van der Waals surface area contributed by atoms with Crippen LogP contribution in [0.15, 0.2) is 65.8 Å². The van der Waals surface area contributed by atoms with Gasteiger partial charge >= 0.3 is 0 Å². The number of hydrogen-bond acceptors (Lipinski definition) is 4. The molecule has 0 spiro atoms. The molecule has 1 fully saturated rings. The quantitative estimate of drug-likeness (QED) is 0.573. The first-order chi connectivity index (χ1) is 15.8. The Balaban J connectivity index is 1.45. The van der Waals surface area contributed by atoms with E-state index in [0.717, 1.165) is 0 Å². The number of nitrogens with one attached hydrogen (secondary N) is 1. The van der Waals surface area contributed by atoms with Crippen molar-refractivity contribution in [3.63, 3.8) is 0 Å². The first-order valence-electron chi connectivity index (χ1n) is 10.5. The number of imidazole rings is 1. The summed E-state index contributed by atoms with van der Waals surface area (Å²) in [5.74, 6) is -0.267. The monoisotopic (exact) mass is 490 g/mol. The van der Waals surface area contributed by atoms with E-state index in [-0.39, 0.29) is 35.6 Å². The lowest BCUT2D eigenvalue weighted by Crippen LogP contribution is -2.44. The Bertz CT molecular complexity index is 1220. The molecule has 4 rings (SSSR count).